The average molecular weight is 204 g/mol. The van der Waals surface area contributed by atoms with Crippen LogP contribution in [0.3, 0.4) is 0 Å². The summed E-state index contributed by atoms with van der Waals surface area (Å²) in [6.45, 7) is 2.11. The normalized spacial score (nSPS) is 21.8. The number of hydrogen-bond acceptors (Lipinski definition) is 2. The number of rotatable bonds is 2. The van der Waals surface area contributed by atoms with Gasteiger partial charge < -0.3 is 10.6 Å². The standard InChI is InChI=1S/C12H16N2O/c1-14-7-6-9(8-14)10-4-2-3-5-11(10)12(13)15/h2-5,9H,6-8H2,1H3,(H2,13,15)/t9-/m0/s1. The van der Waals surface area contributed by atoms with E-state index < -0.39 is 0 Å². The second kappa shape index (κ2) is 4.03. The smallest absolute Gasteiger partial charge is 0.248 e. The predicted octanol–water partition coefficient (Wildman–Crippen LogP) is 1.20. The summed E-state index contributed by atoms with van der Waals surface area (Å²) in [5.74, 6) is 0.138. The highest BCUT2D eigenvalue weighted by atomic mass is 16.1. The summed E-state index contributed by atoms with van der Waals surface area (Å²) in [6, 6.07) is 7.67. The Morgan fingerprint density at radius 2 is 2.20 bits per heavy atom. The lowest BCUT2D eigenvalue weighted by molar-refractivity contribution is 0.0999. The molecule has 1 amide bonds. The first-order chi connectivity index (χ1) is 7.18. The van der Waals surface area contributed by atoms with Crippen LogP contribution in [0.4, 0.5) is 0 Å². The Hall–Kier alpha value is -1.35. The van der Waals surface area contributed by atoms with Crippen molar-refractivity contribution in [2.24, 2.45) is 5.73 Å². The molecule has 0 radical (unpaired) electrons. The van der Waals surface area contributed by atoms with E-state index in [0.29, 0.717) is 11.5 Å². The van der Waals surface area contributed by atoms with Gasteiger partial charge >= 0.3 is 0 Å². The summed E-state index contributed by atoms with van der Waals surface area (Å²) < 4.78 is 0. The van der Waals surface area contributed by atoms with Crippen molar-refractivity contribution in [1.29, 1.82) is 0 Å². The Kier molecular flexibility index (Phi) is 2.73. The van der Waals surface area contributed by atoms with E-state index in [-0.39, 0.29) is 5.91 Å². The molecule has 2 rings (SSSR count). The predicted molar refractivity (Wildman–Crippen MR) is 59.8 cm³/mol. The molecule has 1 fully saturated rings. The van der Waals surface area contributed by atoms with Gasteiger partial charge in [-0.25, -0.2) is 0 Å². The number of nitrogens with two attached hydrogens (primary N) is 1. The van der Waals surface area contributed by atoms with Gasteiger partial charge in [0, 0.05) is 12.1 Å². The molecule has 1 atom stereocenters. The van der Waals surface area contributed by atoms with Gasteiger partial charge in [0.2, 0.25) is 5.91 Å². The average Bonchev–Trinajstić information content (AvgIpc) is 2.65. The first kappa shape index (κ1) is 10.2. The maximum atomic E-state index is 11.3. The number of likely N-dealkylation sites (tertiary alicyclic amines) is 1. The van der Waals surface area contributed by atoms with Crippen molar-refractivity contribution in [2.75, 3.05) is 20.1 Å². The zero-order chi connectivity index (χ0) is 10.8. The molecule has 0 unspecified atom stereocenters. The van der Waals surface area contributed by atoms with Crippen LogP contribution in [-0.2, 0) is 0 Å². The van der Waals surface area contributed by atoms with Gasteiger partial charge in [0.1, 0.15) is 0 Å². The molecule has 1 saturated heterocycles. The topological polar surface area (TPSA) is 46.3 Å². The van der Waals surface area contributed by atoms with E-state index in [1.165, 1.54) is 0 Å². The Labute approximate surface area is 89.9 Å². The highest BCUT2D eigenvalue weighted by molar-refractivity contribution is 5.94. The van der Waals surface area contributed by atoms with Crippen molar-refractivity contribution in [3.8, 4) is 0 Å². The van der Waals surface area contributed by atoms with Crippen LogP contribution < -0.4 is 5.73 Å². The van der Waals surface area contributed by atoms with Gasteiger partial charge in [0.05, 0.1) is 0 Å². The molecule has 80 valence electrons. The Bertz CT molecular complexity index is 376. The Balaban J connectivity index is 2.31. The summed E-state index contributed by atoms with van der Waals surface area (Å²) >= 11 is 0. The van der Waals surface area contributed by atoms with Crippen LogP contribution in [0.1, 0.15) is 28.3 Å². The van der Waals surface area contributed by atoms with Crippen LogP contribution in [-0.4, -0.2) is 30.9 Å². The van der Waals surface area contributed by atoms with E-state index in [4.69, 9.17) is 5.73 Å². The van der Waals surface area contributed by atoms with Gasteiger partial charge in [0.15, 0.2) is 0 Å². The molecule has 0 saturated carbocycles. The van der Waals surface area contributed by atoms with Crippen LogP contribution in [0, 0.1) is 0 Å². The molecule has 1 aromatic carbocycles. The van der Waals surface area contributed by atoms with Gasteiger partial charge in [0.25, 0.3) is 0 Å². The van der Waals surface area contributed by atoms with Crippen LogP contribution in [0.15, 0.2) is 24.3 Å². The summed E-state index contributed by atoms with van der Waals surface area (Å²) in [6.07, 6.45) is 1.11. The van der Waals surface area contributed by atoms with Crippen LogP contribution in [0.5, 0.6) is 0 Å². The minimum absolute atomic E-state index is 0.319. The maximum Gasteiger partial charge on any atom is 0.248 e. The molecule has 1 aromatic rings. The fourth-order valence-corrected chi connectivity index (χ4v) is 2.27. The summed E-state index contributed by atoms with van der Waals surface area (Å²) in [7, 11) is 2.10. The number of likely N-dealkylation sites (N-methyl/N-ethyl adjacent to an activating group) is 1. The van der Waals surface area contributed by atoms with Gasteiger partial charge in [-0.15, -0.1) is 0 Å². The van der Waals surface area contributed by atoms with Crippen molar-refractivity contribution in [2.45, 2.75) is 12.3 Å². The fourth-order valence-electron chi connectivity index (χ4n) is 2.27. The number of carbonyl (C=O) groups excluding carboxylic acids is 1. The van der Waals surface area contributed by atoms with Crippen molar-refractivity contribution >= 4 is 5.91 Å². The largest absolute Gasteiger partial charge is 0.366 e. The van der Waals surface area contributed by atoms with E-state index in [0.717, 1.165) is 25.1 Å². The molecule has 1 aliphatic heterocycles. The minimum atomic E-state index is -0.319. The Morgan fingerprint density at radius 3 is 2.80 bits per heavy atom. The van der Waals surface area contributed by atoms with Crippen LogP contribution >= 0.6 is 0 Å². The maximum absolute atomic E-state index is 11.3. The second-order valence-electron chi connectivity index (χ2n) is 4.20. The molecule has 0 spiro atoms. The van der Waals surface area contributed by atoms with E-state index in [9.17, 15) is 4.79 Å². The minimum Gasteiger partial charge on any atom is -0.366 e. The molecule has 3 nitrogen and oxygen atoms in total. The number of nitrogens with zero attached hydrogens (tertiary/aromatic N) is 1. The highest BCUT2D eigenvalue weighted by Crippen LogP contribution is 2.28. The molecule has 0 aromatic heterocycles. The van der Waals surface area contributed by atoms with Crippen molar-refractivity contribution in [3.63, 3.8) is 0 Å². The van der Waals surface area contributed by atoms with Crippen molar-refractivity contribution < 1.29 is 4.79 Å². The molecule has 0 bridgehead atoms. The molecule has 1 aliphatic rings. The number of primary amides is 1. The third-order valence-electron chi connectivity index (χ3n) is 3.06. The summed E-state index contributed by atoms with van der Waals surface area (Å²) in [5, 5.41) is 0. The fraction of sp³-hybridized carbons (Fsp3) is 0.417. The zero-order valence-electron chi connectivity index (χ0n) is 8.94. The number of benzene rings is 1. The number of carbonyl (C=O) groups is 1. The zero-order valence-corrected chi connectivity index (χ0v) is 8.94. The third kappa shape index (κ3) is 2.02. The SMILES string of the molecule is CN1CC[C@H](c2ccccc2C(N)=O)C1. The summed E-state index contributed by atoms with van der Waals surface area (Å²) in [5.41, 5.74) is 7.15. The van der Waals surface area contributed by atoms with E-state index >= 15 is 0 Å². The van der Waals surface area contributed by atoms with E-state index in [1.807, 2.05) is 24.3 Å². The molecule has 3 heteroatoms. The number of amides is 1. The molecule has 0 aliphatic carbocycles. The van der Waals surface area contributed by atoms with Gasteiger partial charge in [-0.1, -0.05) is 18.2 Å². The van der Waals surface area contributed by atoms with E-state index in [1.54, 1.807) is 0 Å². The molecule has 15 heavy (non-hydrogen) atoms. The highest BCUT2D eigenvalue weighted by Gasteiger charge is 2.24. The van der Waals surface area contributed by atoms with E-state index in [2.05, 4.69) is 11.9 Å². The quantitative estimate of drug-likeness (QED) is 0.787. The lowest BCUT2D eigenvalue weighted by atomic mass is 9.93. The lowest BCUT2D eigenvalue weighted by Gasteiger charge is -2.13. The van der Waals surface area contributed by atoms with Gasteiger partial charge in [-0.05, 0) is 37.6 Å². The molecular formula is C12H16N2O. The Morgan fingerprint density at radius 1 is 1.47 bits per heavy atom. The first-order valence-electron chi connectivity index (χ1n) is 5.25. The number of hydrogen-bond donors (Lipinski definition) is 1. The summed E-state index contributed by atoms with van der Waals surface area (Å²) in [4.78, 5) is 13.5. The molecule has 1 heterocycles. The van der Waals surface area contributed by atoms with Gasteiger partial charge in [-0.3, -0.25) is 4.79 Å². The second-order valence-corrected chi connectivity index (χ2v) is 4.20. The first-order valence-corrected chi connectivity index (χ1v) is 5.25. The third-order valence-corrected chi connectivity index (χ3v) is 3.06. The lowest BCUT2D eigenvalue weighted by Crippen LogP contribution is -2.17. The molecular weight excluding hydrogens is 188 g/mol. The van der Waals surface area contributed by atoms with Crippen LogP contribution in [0.2, 0.25) is 0 Å². The van der Waals surface area contributed by atoms with Gasteiger partial charge in [-0.2, -0.15) is 0 Å². The monoisotopic (exact) mass is 204 g/mol. The van der Waals surface area contributed by atoms with Crippen LogP contribution in [0.25, 0.3) is 0 Å². The van der Waals surface area contributed by atoms with Crippen molar-refractivity contribution in [1.82, 2.24) is 4.90 Å². The van der Waals surface area contributed by atoms with Crippen molar-refractivity contribution in [3.05, 3.63) is 35.4 Å². The molecule has 2 N–H and O–H groups in total.